The third-order valence-corrected chi connectivity index (χ3v) is 6.75. The van der Waals surface area contributed by atoms with Gasteiger partial charge in [-0.25, -0.2) is 4.79 Å². The molecule has 0 aliphatic rings. The molecule has 3 rings (SSSR count). The Morgan fingerprint density at radius 1 is 1.27 bits per heavy atom. The molecule has 0 bridgehead atoms. The van der Waals surface area contributed by atoms with E-state index in [1.807, 2.05) is 37.5 Å². The first-order valence-electron chi connectivity index (χ1n) is 10.4. The molecule has 8 nitrogen and oxygen atoms in total. The van der Waals surface area contributed by atoms with Crippen molar-refractivity contribution in [2.75, 3.05) is 17.7 Å². The predicted octanol–water partition coefficient (Wildman–Crippen LogP) is 5.37. The van der Waals surface area contributed by atoms with Crippen molar-refractivity contribution in [2.24, 2.45) is 0 Å². The monoisotopic (exact) mass is 508 g/mol. The van der Waals surface area contributed by atoms with Crippen molar-refractivity contribution < 1.29 is 19.1 Å². The Kier molecular flexibility index (Phi) is 8.76. The number of carbonyl (C=O) groups is 2. The second-order valence-electron chi connectivity index (χ2n) is 6.93. The summed E-state index contributed by atoms with van der Waals surface area (Å²) in [7, 11) is 0. The Hall–Kier alpha value is -2.56. The van der Waals surface area contributed by atoms with E-state index in [-0.39, 0.29) is 24.4 Å². The lowest BCUT2D eigenvalue weighted by Gasteiger charge is -2.16. The van der Waals surface area contributed by atoms with E-state index in [1.54, 1.807) is 25.1 Å². The molecule has 11 heteroatoms. The Bertz CT molecular complexity index is 1130. The Morgan fingerprint density at radius 2 is 2.03 bits per heavy atom. The summed E-state index contributed by atoms with van der Waals surface area (Å²) in [6.45, 7) is 8.33. The van der Waals surface area contributed by atoms with Gasteiger partial charge in [-0.15, -0.1) is 21.5 Å². The number of amides is 1. The third kappa shape index (κ3) is 6.27. The molecular weight excluding hydrogens is 484 g/mol. The van der Waals surface area contributed by atoms with Crippen LogP contribution in [-0.2, 0) is 16.1 Å². The zero-order valence-corrected chi connectivity index (χ0v) is 21.1. The maximum Gasteiger partial charge on any atom is 0.341 e. The fraction of sp³-hybridized carbons (Fsp3) is 0.364. The lowest BCUT2D eigenvalue weighted by Crippen LogP contribution is -2.16. The number of benzene rings is 1. The second kappa shape index (κ2) is 11.5. The van der Waals surface area contributed by atoms with Crippen molar-refractivity contribution >= 4 is 51.6 Å². The zero-order chi connectivity index (χ0) is 24.0. The van der Waals surface area contributed by atoms with Crippen LogP contribution in [-0.4, -0.2) is 39.0 Å². The number of carbonyl (C=O) groups excluding carboxylic acids is 2. The SMILES string of the molecule is CCOC(=O)c1cc(C)sc1NC(=O)CSc1nnc(C(C)Oc2ccccc2Cl)n1CC. The minimum atomic E-state index is -0.451. The van der Waals surface area contributed by atoms with Crippen LogP contribution in [0.25, 0.3) is 0 Å². The molecule has 176 valence electrons. The molecular formula is C22H25ClN4O4S2. The zero-order valence-electron chi connectivity index (χ0n) is 18.8. The number of ether oxygens (including phenoxy) is 2. The van der Waals surface area contributed by atoms with Crippen molar-refractivity contribution in [3.63, 3.8) is 0 Å². The van der Waals surface area contributed by atoms with Gasteiger partial charge in [0.25, 0.3) is 0 Å². The standard InChI is InChI=1S/C22H25ClN4O4S2/c1-5-27-19(14(4)31-17-10-8-7-9-16(17)23)25-26-22(27)32-12-18(28)24-20-15(11-13(3)33-20)21(29)30-6-2/h7-11,14H,5-6,12H2,1-4H3,(H,24,28). The molecule has 1 aromatic carbocycles. The highest BCUT2D eigenvalue weighted by Gasteiger charge is 2.21. The van der Waals surface area contributed by atoms with Gasteiger partial charge in [0.1, 0.15) is 10.8 Å². The number of anilines is 1. The number of nitrogens with one attached hydrogen (secondary N) is 1. The first-order chi connectivity index (χ1) is 15.8. The number of nitrogens with zero attached hydrogens (tertiary/aromatic N) is 3. The number of para-hydroxylation sites is 1. The number of halogens is 1. The fourth-order valence-electron chi connectivity index (χ4n) is 3.05. The summed E-state index contributed by atoms with van der Waals surface area (Å²) in [6, 6.07) is 8.95. The molecule has 0 aliphatic carbocycles. The smallest absolute Gasteiger partial charge is 0.341 e. The maximum atomic E-state index is 12.6. The Balaban J connectivity index is 1.65. The van der Waals surface area contributed by atoms with Crippen molar-refractivity contribution in [3.05, 3.63) is 51.6 Å². The van der Waals surface area contributed by atoms with E-state index in [1.165, 1.54) is 23.1 Å². The molecule has 33 heavy (non-hydrogen) atoms. The third-order valence-electron chi connectivity index (χ3n) is 4.50. The van der Waals surface area contributed by atoms with Gasteiger partial charge in [-0.05, 0) is 45.9 Å². The Morgan fingerprint density at radius 3 is 2.73 bits per heavy atom. The number of hydrogen-bond acceptors (Lipinski definition) is 8. The van der Waals surface area contributed by atoms with Crippen LogP contribution in [0.2, 0.25) is 5.02 Å². The van der Waals surface area contributed by atoms with E-state index < -0.39 is 5.97 Å². The molecule has 2 heterocycles. The van der Waals surface area contributed by atoms with Crippen LogP contribution in [0.3, 0.4) is 0 Å². The average Bonchev–Trinajstić information content (AvgIpc) is 3.36. The quantitative estimate of drug-likeness (QED) is 0.290. The van der Waals surface area contributed by atoms with Gasteiger partial charge in [-0.1, -0.05) is 35.5 Å². The van der Waals surface area contributed by atoms with Crippen LogP contribution in [0.5, 0.6) is 5.75 Å². The number of thioether (sulfide) groups is 1. The second-order valence-corrected chi connectivity index (χ2v) is 9.54. The topological polar surface area (TPSA) is 95.3 Å². The number of aromatic nitrogens is 3. The van der Waals surface area contributed by atoms with E-state index in [9.17, 15) is 9.59 Å². The lowest BCUT2D eigenvalue weighted by atomic mass is 10.3. The van der Waals surface area contributed by atoms with Gasteiger partial charge >= 0.3 is 5.97 Å². The number of aryl methyl sites for hydroxylation is 1. The van der Waals surface area contributed by atoms with Crippen LogP contribution in [0.15, 0.2) is 35.5 Å². The lowest BCUT2D eigenvalue weighted by molar-refractivity contribution is -0.113. The molecule has 0 radical (unpaired) electrons. The first kappa shape index (κ1) is 25.1. The number of esters is 1. The van der Waals surface area contributed by atoms with Crippen molar-refractivity contribution in [1.29, 1.82) is 0 Å². The van der Waals surface area contributed by atoms with E-state index in [2.05, 4.69) is 15.5 Å². The number of rotatable bonds is 10. The normalized spacial score (nSPS) is 11.8. The van der Waals surface area contributed by atoms with Crippen LogP contribution in [0, 0.1) is 6.92 Å². The summed E-state index contributed by atoms with van der Waals surface area (Å²) in [5.41, 5.74) is 0.363. The molecule has 0 fully saturated rings. The summed E-state index contributed by atoms with van der Waals surface area (Å²) in [5, 5.41) is 12.9. The molecule has 2 aromatic heterocycles. The van der Waals surface area contributed by atoms with Crippen LogP contribution in [0.4, 0.5) is 5.00 Å². The fourth-order valence-corrected chi connectivity index (χ4v) is 4.95. The van der Waals surface area contributed by atoms with Crippen LogP contribution >= 0.6 is 34.7 Å². The van der Waals surface area contributed by atoms with Gasteiger partial charge in [-0.3, -0.25) is 4.79 Å². The number of thiophene rings is 1. The minimum Gasteiger partial charge on any atom is -0.481 e. The highest BCUT2D eigenvalue weighted by molar-refractivity contribution is 7.99. The molecule has 1 N–H and O–H groups in total. The van der Waals surface area contributed by atoms with Gasteiger partial charge in [-0.2, -0.15) is 0 Å². The summed E-state index contributed by atoms with van der Waals surface area (Å²) in [4.78, 5) is 25.6. The van der Waals surface area contributed by atoms with Crippen molar-refractivity contribution in [2.45, 2.75) is 45.5 Å². The molecule has 1 atom stereocenters. The first-order valence-corrected chi connectivity index (χ1v) is 12.6. The van der Waals surface area contributed by atoms with Gasteiger partial charge in [0.15, 0.2) is 17.1 Å². The molecule has 1 amide bonds. The van der Waals surface area contributed by atoms with Crippen LogP contribution < -0.4 is 10.1 Å². The van der Waals surface area contributed by atoms with E-state index >= 15 is 0 Å². The van der Waals surface area contributed by atoms with E-state index in [0.717, 1.165) is 4.88 Å². The molecule has 0 saturated heterocycles. The maximum absolute atomic E-state index is 12.6. The number of hydrogen-bond donors (Lipinski definition) is 1. The van der Waals surface area contributed by atoms with Crippen molar-refractivity contribution in [3.8, 4) is 5.75 Å². The van der Waals surface area contributed by atoms with E-state index in [4.69, 9.17) is 21.1 Å². The largest absolute Gasteiger partial charge is 0.481 e. The summed E-state index contributed by atoms with van der Waals surface area (Å²) < 4.78 is 12.9. The molecule has 0 spiro atoms. The summed E-state index contributed by atoms with van der Waals surface area (Å²) in [6.07, 6.45) is -0.387. The summed E-state index contributed by atoms with van der Waals surface area (Å²) in [5.74, 6) is 0.609. The average molecular weight is 509 g/mol. The molecule has 0 saturated carbocycles. The summed E-state index contributed by atoms with van der Waals surface area (Å²) >= 11 is 8.79. The highest BCUT2D eigenvalue weighted by atomic mass is 35.5. The minimum absolute atomic E-state index is 0.108. The van der Waals surface area contributed by atoms with Gasteiger partial charge < -0.3 is 19.4 Å². The van der Waals surface area contributed by atoms with Gasteiger partial charge in [0.05, 0.1) is 22.9 Å². The van der Waals surface area contributed by atoms with Crippen molar-refractivity contribution in [1.82, 2.24) is 14.8 Å². The molecule has 1 unspecified atom stereocenters. The van der Waals surface area contributed by atoms with E-state index in [0.29, 0.717) is 38.9 Å². The van der Waals surface area contributed by atoms with Crippen LogP contribution in [0.1, 0.15) is 47.9 Å². The highest BCUT2D eigenvalue weighted by Crippen LogP contribution is 2.30. The van der Waals surface area contributed by atoms with Gasteiger partial charge in [0, 0.05) is 11.4 Å². The Labute approximate surface area is 205 Å². The molecule has 0 aliphatic heterocycles. The van der Waals surface area contributed by atoms with Gasteiger partial charge in [0.2, 0.25) is 5.91 Å². The predicted molar refractivity (Wildman–Crippen MR) is 131 cm³/mol. The molecule has 3 aromatic rings.